The first-order chi connectivity index (χ1) is 10.9. The number of hydrogen-bond donors (Lipinski definition) is 2. The third-order valence-corrected chi connectivity index (χ3v) is 6.79. The molecule has 128 valence electrons. The fourth-order valence-corrected chi connectivity index (χ4v) is 5.32. The first-order valence-electron chi connectivity index (χ1n) is 9.34. The predicted octanol–water partition coefficient (Wildman–Crippen LogP) is 4.54. The molecule has 3 aliphatic rings. The third kappa shape index (κ3) is 3.21. The number of fused-ring (bicyclic) bond motifs is 1. The van der Waals surface area contributed by atoms with Crippen molar-refractivity contribution in [2.45, 2.75) is 77.9 Å². The van der Waals surface area contributed by atoms with Crippen molar-refractivity contribution in [1.29, 1.82) is 0 Å². The van der Waals surface area contributed by atoms with E-state index in [1.54, 1.807) is 0 Å². The van der Waals surface area contributed by atoms with Gasteiger partial charge in [0.1, 0.15) is 0 Å². The molecule has 23 heavy (non-hydrogen) atoms. The van der Waals surface area contributed by atoms with Crippen LogP contribution in [0.5, 0.6) is 0 Å². The van der Waals surface area contributed by atoms with Gasteiger partial charge in [0.25, 0.3) is 0 Å². The van der Waals surface area contributed by atoms with Gasteiger partial charge in [-0.1, -0.05) is 30.7 Å². The van der Waals surface area contributed by atoms with Gasteiger partial charge in [0, 0.05) is 0 Å². The Labute approximate surface area is 141 Å². The highest BCUT2D eigenvalue weighted by molar-refractivity contribution is 5.36. The van der Waals surface area contributed by atoms with Crippen LogP contribution in [-0.2, 0) is 0 Å². The number of aliphatic hydroxyl groups is 2. The molecule has 0 heterocycles. The zero-order valence-electron chi connectivity index (χ0n) is 14.9. The van der Waals surface area contributed by atoms with E-state index >= 15 is 0 Å². The minimum absolute atomic E-state index is 0.171. The first kappa shape index (κ1) is 17.0. The molecule has 0 aromatic carbocycles. The molecule has 0 radical (unpaired) electrons. The maximum absolute atomic E-state index is 10.2. The molecule has 3 rings (SSSR count). The van der Waals surface area contributed by atoms with Crippen LogP contribution in [0, 0.1) is 17.3 Å². The average molecular weight is 316 g/mol. The number of allylic oxidation sites excluding steroid dienone is 5. The van der Waals surface area contributed by atoms with Crippen molar-refractivity contribution in [2.24, 2.45) is 17.3 Å². The number of rotatable bonds is 3. The van der Waals surface area contributed by atoms with Crippen molar-refractivity contribution in [3.63, 3.8) is 0 Å². The Morgan fingerprint density at radius 2 is 2.04 bits per heavy atom. The van der Waals surface area contributed by atoms with Gasteiger partial charge in [-0.3, -0.25) is 0 Å². The minimum Gasteiger partial charge on any atom is -0.393 e. The largest absolute Gasteiger partial charge is 0.393 e. The minimum atomic E-state index is -0.202. The van der Waals surface area contributed by atoms with E-state index in [9.17, 15) is 10.2 Å². The lowest BCUT2D eigenvalue weighted by Crippen LogP contribution is -2.36. The van der Waals surface area contributed by atoms with Crippen LogP contribution in [0.3, 0.4) is 0 Å². The van der Waals surface area contributed by atoms with Crippen molar-refractivity contribution >= 4 is 0 Å². The standard InChI is InChI=1S/C21H32O2/c1-14-6-9-18(23)13-17(14)8-7-16-5-4-12-21(3)19(15(2)22)10-11-20(16)21/h5,7-8,15,18-20,22-23H,4,6,9-13H2,1-3H3/t15?,18-,19+,20-,21+/m0/s1. The van der Waals surface area contributed by atoms with Crippen LogP contribution < -0.4 is 0 Å². The number of aliphatic hydroxyl groups excluding tert-OH is 2. The second-order valence-corrected chi connectivity index (χ2v) is 8.26. The first-order valence-corrected chi connectivity index (χ1v) is 9.34. The summed E-state index contributed by atoms with van der Waals surface area (Å²) < 4.78 is 0. The number of hydrogen-bond acceptors (Lipinski definition) is 2. The summed E-state index contributed by atoms with van der Waals surface area (Å²) in [6.07, 6.45) is 14.0. The lowest BCUT2D eigenvalue weighted by Gasteiger charge is -2.41. The summed E-state index contributed by atoms with van der Waals surface area (Å²) in [4.78, 5) is 0. The second kappa shape index (κ2) is 6.57. The molecule has 3 aliphatic carbocycles. The molecule has 0 amide bonds. The van der Waals surface area contributed by atoms with Crippen LogP contribution >= 0.6 is 0 Å². The molecular weight excluding hydrogens is 284 g/mol. The summed E-state index contributed by atoms with van der Waals surface area (Å²) in [5.41, 5.74) is 4.46. The molecule has 1 fully saturated rings. The van der Waals surface area contributed by atoms with Crippen LogP contribution in [0.15, 0.2) is 34.9 Å². The van der Waals surface area contributed by atoms with Crippen molar-refractivity contribution < 1.29 is 10.2 Å². The van der Waals surface area contributed by atoms with Gasteiger partial charge >= 0.3 is 0 Å². The maximum atomic E-state index is 10.2. The maximum Gasteiger partial charge on any atom is 0.0583 e. The van der Waals surface area contributed by atoms with Crippen LogP contribution in [0.1, 0.15) is 65.7 Å². The molecule has 0 aromatic heterocycles. The summed E-state index contributed by atoms with van der Waals surface area (Å²) in [5, 5.41) is 20.1. The summed E-state index contributed by atoms with van der Waals surface area (Å²) in [7, 11) is 0. The van der Waals surface area contributed by atoms with Gasteiger partial charge in [0.05, 0.1) is 12.2 Å². The van der Waals surface area contributed by atoms with E-state index in [0.29, 0.717) is 11.8 Å². The molecule has 0 aliphatic heterocycles. The zero-order chi connectivity index (χ0) is 16.6. The fourth-order valence-electron chi connectivity index (χ4n) is 5.32. The third-order valence-electron chi connectivity index (χ3n) is 6.79. The molecular formula is C21H32O2. The normalized spacial score (nSPS) is 39.5. The molecule has 5 atom stereocenters. The Morgan fingerprint density at radius 1 is 1.26 bits per heavy atom. The van der Waals surface area contributed by atoms with Crippen LogP contribution in [0.2, 0.25) is 0 Å². The van der Waals surface area contributed by atoms with E-state index in [0.717, 1.165) is 32.1 Å². The lowest BCUT2D eigenvalue weighted by molar-refractivity contribution is 0.0372. The molecule has 0 saturated heterocycles. The molecule has 2 N–H and O–H groups in total. The highest BCUT2D eigenvalue weighted by atomic mass is 16.3. The van der Waals surface area contributed by atoms with E-state index in [-0.39, 0.29) is 17.6 Å². The predicted molar refractivity (Wildman–Crippen MR) is 95.0 cm³/mol. The van der Waals surface area contributed by atoms with Crippen LogP contribution in [0.25, 0.3) is 0 Å². The Morgan fingerprint density at radius 3 is 2.78 bits per heavy atom. The van der Waals surface area contributed by atoms with E-state index < -0.39 is 0 Å². The molecule has 1 saturated carbocycles. The van der Waals surface area contributed by atoms with E-state index in [2.05, 4.69) is 32.1 Å². The lowest BCUT2D eigenvalue weighted by atomic mass is 9.64. The van der Waals surface area contributed by atoms with E-state index in [4.69, 9.17) is 0 Å². The summed E-state index contributed by atoms with van der Waals surface area (Å²) in [6.45, 7) is 6.55. The molecule has 1 unspecified atom stereocenters. The zero-order valence-corrected chi connectivity index (χ0v) is 14.9. The molecule has 0 bridgehead atoms. The van der Waals surface area contributed by atoms with Crippen LogP contribution in [-0.4, -0.2) is 22.4 Å². The Balaban J connectivity index is 1.79. The monoisotopic (exact) mass is 316 g/mol. The van der Waals surface area contributed by atoms with Gasteiger partial charge in [0.2, 0.25) is 0 Å². The summed E-state index contributed by atoms with van der Waals surface area (Å²) >= 11 is 0. The van der Waals surface area contributed by atoms with E-state index in [1.165, 1.54) is 29.6 Å². The van der Waals surface area contributed by atoms with Crippen LogP contribution in [0.4, 0.5) is 0 Å². The Bertz CT molecular complexity index is 540. The van der Waals surface area contributed by atoms with Crippen molar-refractivity contribution in [3.05, 3.63) is 34.9 Å². The topological polar surface area (TPSA) is 40.5 Å². The molecule has 2 nitrogen and oxygen atoms in total. The van der Waals surface area contributed by atoms with Gasteiger partial charge in [-0.2, -0.15) is 0 Å². The highest BCUT2D eigenvalue weighted by Gasteiger charge is 2.49. The quantitative estimate of drug-likeness (QED) is 0.802. The van der Waals surface area contributed by atoms with Gasteiger partial charge in [-0.05, 0) is 87.2 Å². The second-order valence-electron chi connectivity index (χ2n) is 8.26. The van der Waals surface area contributed by atoms with Gasteiger partial charge in [-0.25, -0.2) is 0 Å². The van der Waals surface area contributed by atoms with Crippen molar-refractivity contribution in [1.82, 2.24) is 0 Å². The Hall–Kier alpha value is -0.860. The highest BCUT2D eigenvalue weighted by Crippen LogP contribution is 2.57. The van der Waals surface area contributed by atoms with Crippen molar-refractivity contribution in [2.75, 3.05) is 0 Å². The molecule has 2 heteroatoms. The summed E-state index contributed by atoms with van der Waals surface area (Å²) in [6, 6.07) is 0. The van der Waals surface area contributed by atoms with Gasteiger partial charge < -0.3 is 10.2 Å². The van der Waals surface area contributed by atoms with Gasteiger partial charge in [-0.15, -0.1) is 0 Å². The smallest absolute Gasteiger partial charge is 0.0583 e. The molecule has 0 aromatic rings. The van der Waals surface area contributed by atoms with Crippen molar-refractivity contribution in [3.8, 4) is 0 Å². The molecule has 0 spiro atoms. The average Bonchev–Trinajstić information content (AvgIpc) is 2.86. The SMILES string of the molecule is CC1=C(C=CC2=CCC[C@]3(C)[C@@H](C(C)O)CC[C@@H]23)C[C@@H](O)CC1. The summed E-state index contributed by atoms with van der Waals surface area (Å²) in [5.74, 6) is 1.02. The fraction of sp³-hybridized carbons (Fsp3) is 0.714. The van der Waals surface area contributed by atoms with Gasteiger partial charge in [0.15, 0.2) is 0 Å². The Kier molecular flexibility index (Phi) is 4.85. The van der Waals surface area contributed by atoms with E-state index in [1.807, 2.05) is 6.92 Å².